The zero-order chi connectivity index (χ0) is 21.5. The van der Waals surface area contributed by atoms with Gasteiger partial charge in [0.1, 0.15) is 11.5 Å². The van der Waals surface area contributed by atoms with Gasteiger partial charge in [-0.15, -0.1) is 0 Å². The summed E-state index contributed by atoms with van der Waals surface area (Å²) in [6, 6.07) is 13.3. The van der Waals surface area contributed by atoms with Crippen LogP contribution in [0.25, 0.3) is 0 Å². The molecule has 1 aliphatic heterocycles. The van der Waals surface area contributed by atoms with E-state index in [0.717, 1.165) is 32.5 Å². The van der Waals surface area contributed by atoms with Gasteiger partial charge in [0.25, 0.3) is 0 Å². The van der Waals surface area contributed by atoms with Crippen molar-refractivity contribution in [2.75, 3.05) is 32.6 Å². The van der Waals surface area contributed by atoms with E-state index < -0.39 is 11.8 Å². The molecular formula is C22H26ClN3O4. The lowest BCUT2D eigenvalue weighted by molar-refractivity contribution is -0.136. The average molecular weight is 432 g/mol. The van der Waals surface area contributed by atoms with E-state index in [9.17, 15) is 9.59 Å². The fraction of sp³-hybridized carbons (Fsp3) is 0.364. The Morgan fingerprint density at radius 3 is 2.33 bits per heavy atom. The first kappa shape index (κ1) is 21.9. The van der Waals surface area contributed by atoms with Gasteiger partial charge in [-0.3, -0.25) is 14.5 Å². The Morgan fingerprint density at radius 1 is 1.03 bits per heavy atom. The van der Waals surface area contributed by atoms with Crippen LogP contribution in [-0.4, -0.2) is 50.1 Å². The molecule has 30 heavy (non-hydrogen) atoms. The molecule has 7 nitrogen and oxygen atoms in total. The van der Waals surface area contributed by atoms with Gasteiger partial charge in [0.05, 0.1) is 24.9 Å². The van der Waals surface area contributed by atoms with E-state index in [1.54, 1.807) is 0 Å². The van der Waals surface area contributed by atoms with Crippen molar-refractivity contribution in [2.45, 2.75) is 25.4 Å². The molecular weight excluding hydrogens is 406 g/mol. The first-order valence-electron chi connectivity index (χ1n) is 9.79. The number of amides is 2. The summed E-state index contributed by atoms with van der Waals surface area (Å²) < 4.78 is 10.4. The van der Waals surface area contributed by atoms with Gasteiger partial charge in [-0.25, -0.2) is 0 Å². The first-order valence-corrected chi connectivity index (χ1v) is 10.2. The molecule has 2 aromatic carbocycles. The largest absolute Gasteiger partial charge is 0.495 e. The fourth-order valence-electron chi connectivity index (χ4n) is 3.47. The van der Waals surface area contributed by atoms with Crippen LogP contribution in [0.2, 0.25) is 5.02 Å². The number of halogens is 1. The summed E-state index contributed by atoms with van der Waals surface area (Å²) in [7, 11) is 2.92. The van der Waals surface area contributed by atoms with Crippen molar-refractivity contribution in [3.05, 3.63) is 53.1 Å². The summed E-state index contributed by atoms with van der Waals surface area (Å²) in [4.78, 5) is 27.1. The Kier molecular flexibility index (Phi) is 7.54. The molecule has 1 aliphatic rings. The fourth-order valence-corrected chi connectivity index (χ4v) is 3.70. The second-order valence-electron chi connectivity index (χ2n) is 7.15. The molecule has 160 valence electrons. The van der Waals surface area contributed by atoms with E-state index in [1.165, 1.54) is 31.9 Å². The van der Waals surface area contributed by atoms with Crippen molar-refractivity contribution in [1.29, 1.82) is 0 Å². The lowest BCUT2D eigenvalue weighted by Crippen LogP contribution is -2.47. The number of anilines is 1. The van der Waals surface area contributed by atoms with Gasteiger partial charge in [0, 0.05) is 37.8 Å². The summed E-state index contributed by atoms with van der Waals surface area (Å²) in [6.45, 7) is 2.62. The predicted molar refractivity (Wildman–Crippen MR) is 116 cm³/mol. The van der Waals surface area contributed by atoms with Gasteiger partial charge in [-0.2, -0.15) is 0 Å². The summed E-state index contributed by atoms with van der Waals surface area (Å²) in [5.74, 6) is -0.716. The van der Waals surface area contributed by atoms with Crippen molar-refractivity contribution in [2.24, 2.45) is 0 Å². The molecule has 0 spiro atoms. The van der Waals surface area contributed by atoms with Crippen LogP contribution in [0.3, 0.4) is 0 Å². The Bertz CT molecular complexity index is 883. The highest BCUT2D eigenvalue weighted by molar-refractivity contribution is 6.40. The van der Waals surface area contributed by atoms with Crippen LogP contribution in [0.15, 0.2) is 42.5 Å². The van der Waals surface area contributed by atoms with Crippen molar-refractivity contribution >= 4 is 29.1 Å². The number of benzene rings is 2. The molecule has 0 aromatic heterocycles. The maximum Gasteiger partial charge on any atom is 0.313 e. The maximum absolute atomic E-state index is 12.4. The third-order valence-corrected chi connectivity index (χ3v) is 5.40. The number of likely N-dealkylation sites (tertiary alicyclic amines) is 1. The quantitative estimate of drug-likeness (QED) is 0.687. The molecule has 1 fully saturated rings. The number of carbonyl (C=O) groups is 2. The minimum Gasteiger partial charge on any atom is -0.495 e. The van der Waals surface area contributed by atoms with E-state index in [-0.39, 0.29) is 6.04 Å². The number of piperidine rings is 1. The highest BCUT2D eigenvalue weighted by atomic mass is 35.5. The van der Waals surface area contributed by atoms with Crippen LogP contribution in [0, 0.1) is 0 Å². The zero-order valence-corrected chi connectivity index (χ0v) is 17.9. The highest BCUT2D eigenvalue weighted by Crippen LogP contribution is 2.35. The summed E-state index contributed by atoms with van der Waals surface area (Å²) in [5.41, 5.74) is 1.59. The van der Waals surface area contributed by atoms with Crippen LogP contribution >= 0.6 is 11.6 Å². The third-order valence-electron chi connectivity index (χ3n) is 5.10. The molecule has 0 unspecified atom stereocenters. The van der Waals surface area contributed by atoms with Crippen molar-refractivity contribution in [3.63, 3.8) is 0 Å². The van der Waals surface area contributed by atoms with Crippen molar-refractivity contribution in [1.82, 2.24) is 10.2 Å². The number of methoxy groups -OCH3 is 2. The molecule has 0 aliphatic carbocycles. The minimum absolute atomic E-state index is 0.0306. The Morgan fingerprint density at radius 2 is 1.70 bits per heavy atom. The highest BCUT2D eigenvalue weighted by Gasteiger charge is 2.24. The van der Waals surface area contributed by atoms with Gasteiger partial charge in [-0.05, 0) is 18.4 Å². The van der Waals surface area contributed by atoms with Crippen LogP contribution in [0.1, 0.15) is 18.4 Å². The smallest absolute Gasteiger partial charge is 0.313 e. The Hall–Kier alpha value is -2.77. The van der Waals surface area contributed by atoms with Gasteiger partial charge < -0.3 is 20.1 Å². The summed E-state index contributed by atoms with van der Waals surface area (Å²) in [5, 5.41) is 5.74. The lowest BCUT2D eigenvalue weighted by Gasteiger charge is -2.32. The molecule has 8 heteroatoms. The van der Waals surface area contributed by atoms with Crippen LogP contribution < -0.4 is 20.1 Å². The second-order valence-corrected chi connectivity index (χ2v) is 7.56. The molecule has 1 heterocycles. The summed E-state index contributed by atoms with van der Waals surface area (Å²) in [6.07, 6.45) is 1.59. The van der Waals surface area contributed by atoms with E-state index in [4.69, 9.17) is 21.1 Å². The summed E-state index contributed by atoms with van der Waals surface area (Å²) >= 11 is 6.07. The Balaban J connectivity index is 1.51. The average Bonchev–Trinajstić information content (AvgIpc) is 2.76. The van der Waals surface area contributed by atoms with Crippen LogP contribution in [0.4, 0.5) is 5.69 Å². The second kappa shape index (κ2) is 10.3. The number of nitrogens with zero attached hydrogens (tertiary/aromatic N) is 1. The topological polar surface area (TPSA) is 79.9 Å². The van der Waals surface area contributed by atoms with Gasteiger partial charge in [0.2, 0.25) is 0 Å². The lowest BCUT2D eigenvalue weighted by atomic mass is 10.0. The van der Waals surface area contributed by atoms with E-state index in [2.05, 4.69) is 27.7 Å². The van der Waals surface area contributed by atoms with Crippen LogP contribution in [0.5, 0.6) is 11.5 Å². The molecule has 0 bridgehead atoms. The molecule has 3 rings (SSSR count). The number of rotatable bonds is 6. The standard InChI is InChI=1S/C22H26ClN3O4/c1-29-19-13-18(20(30-2)12-17(19)23)25-22(28)21(27)24-16-8-10-26(11-9-16)14-15-6-4-3-5-7-15/h3-7,12-13,16H,8-11,14H2,1-2H3,(H,24,27)(H,25,28). The SMILES string of the molecule is COc1cc(NC(=O)C(=O)NC2CCN(Cc3ccccc3)CC2)c(OC)cc1Cl. The van der Waals surface area contributed by atoms with E-state index >= 15 is 0 Å². The Labute approximate surface area is 181 Å². The number of hydrogen-bond donors (Lipinski definition) is 2. The number of hydrogen-bond acceptors (Lipinski definition) is 5. The minimum atomic E-state index is -0.760. The molecule has 2 N–H and O–H groups in total. The molecule has 0 radical (unpaired) electrons. The van der Waals surface area contributed by atoms with Crippen molar-refractivity contribution < 1.29 is 19.1 Å². The number of ether oxygens (including phenoxy) is 2. The maximum atomic E-state index is 12.4. The molecule has 0 atom stereocenters. The normalized spacial score (nSPS) is 14.8. The van der Waals surface area contributed by atoms with Crippen LogP contribution in [-0.2, 0) is 16.1 Å². The zero-order valence-electron chi connectivity index (χ0n) is 17.1. The van der Waals surface area contributed by atoms with E-state index in [1.807, 2.05) is 18.2 Å². The van der Waals surface area contributed by atoms with E-state index in [0.29, 0.717) is 22.2 Å². The molecule has 2 aromatic rings. The van der Waals surface area contributed by atoms with Gasteiger partial charge in [0.15, 0.2) is 0 Å². The first-order chi connectivity index (χ1) is 14.5. The monoisotopic (exact) mass is 431 g/mol. The molecule has 0 saturated carbocycles. The molecule has 2 amide bonds. The number of carbonyl (C=O) groups excluding carboxylic acids is 2. The predicted octanol–water partition coefficient (Wildman–Crippen LogP) is 3.08. The third kappa shape index (κ3) is 5.64. The van der Waals surface area contributed by atoms with Gasteiger partial charge >= 0.3 is 11.8 Å². The molecule has 1 saturated heterocycles. The number of nitrogens with one attached hydrogen (secondary N) is 2. The van der Waals surface area contributed by atoms with Gasteiger partial charge in [-0.1, -0.05) is 41.9 Å². The van der Waals surface area contributed by atoms with Crippen molar-refractivity contribution in [3.8, 4) is 11.5 Å².